The highest BCUT2D eigenvalue weighted by Crippen LogP contribution is 2.14. The first kappa shape index (κ1) is 18.2. The van der Waals surface area contributed by atoms with Crippen molar-refractivity contribution in [2.24, 2.45) is 0 Å². The van der Waals surface area contributed by atoms with Crippen molar-refractivity contribution in [3.63, 3.8) is 0 Å². The zero-order valence-corrected chi connectivity index (χ0v) is 13.9. The number of amides is 2. The highest BCUT2D eigenvalue weighted by molar-refractivity contribution is 5.94. The highest BCUT2D eigenvalue weighted by atomic mass is 19.1. The molecule has 0 aliphatic rings. The lowest BCUT2D eigenvalue weighted by molar-refractivity contribution is 0.0896. The Kier molecular flexibility index (Phi) is 5.50. The van der Waals surface area contributed by atoms with Gasteiger partial charge < -0.3 is 15.2 Å². The molecule has 0 saturated carbocycles. The fourth-order valence-electron chi connectivity index (χ4n) is 2.25. The van der Waals surface area contributed by atoms with Gasteiger partial charge in [0.15, 0.2) is 0 Å². The standard InChI is InChI=1S/C18H14F2N4O3/c19-12-7-4-8-13(20)14(12)16(25)21-9-10-22-17(26)18-23-15(24-27-18)11-5-2-1-3-6-11/h1-8H,9-10H2,(H,21,25)(H,22,26). The van der Waals surface area contributed by atoms with E-state index >= 15 is 0 Å². The summed E-state index contributed by atoms with van der Waals surface area (Å²) in [5.41, 5.74) is 0.0210. The molecule has 0 aliphatic carbocycles. The molecule has 0 atom stereocenters. The normalized spacial score (nSPS) is 10.4. The van der Waals surface area contributed by atoms with Gasteiger partial charge in [-0.05, 0) is 12.1 Å². The van der Waals surface area contributed by atoms with Crippen LogP contribution >= 0.6 is 0 Å². The molecule has 0 radical (unpaired) electrons. The Hall–Kier alpha value is -3.62. The van der Waals surface area contributed by atoms with E-state index in [1.165, 1.54) is 0 Å². The van der Waals surface area contributed by atoms with Crippen LogP contribution in [-0.2, 0) is 0 Å². The fourth-order valence-corrected chi connectivity index (χ4v) is 2.25. The maximum atomic E-state index is 13.5. The minimum Gasteiger partial charge on any atom is -0.350 e. The minimum atomic E-state index is -0.962. The molecule has 0 bridgehead atoms. The van der Waals surface area contributed by atoms with Gasteiger partial charge in [0.05, 0.1) is 0 Å². The van der Waals surface area contributed by atoms with Crippen molar-refractivity contribution in [2.75, 3.05) is 13.1 Å². The van der Waals surface area contributed by atoms with Crippen LogP contribution in [0.25, 0.3) is 11.4 Å². The number of carbonyl (C=O) groups excluding carboxylic acids is 2. The Bertz CT molecular complexity index is 940. The number of hydrogen-bond donors (Lipinski definition) is 2. The minimum absolute atomic E-state index is 0.00367. The first-order valence-corrected chi connectivity index (χ1v) is 7.96. The van der Waals surface area contributed by atoms with Gasteiger partial charge in [0.2, 0.25) is 5.82 Å². The third kappa shape index (κ3) is 4.32. The predicted molar refractivity (Wildman–Crippen MR) is 90.8 cm³/mol. The van der Waals surface area contributed by atoms with E-state index in [4.69, 9.17) is 4.52 Å². The summed E-state index contributed by atoms with van der Waals surface area (Å²) in [5.74, 6) is -3.43. The highest BCUT2D eigenvalue weighted by Gasteiger charge is 2.18. The molecule has 27 heavy (non-hydrogen) atoms. The number of aromatic nitrogens is 2. The van der Waals surface area contributed by atoms with Crippen LogP contribution < -0.4 is 10.6 Å². The van der Waals surface area contributed by atoms with E-state index in [1.807, 2.05) is 6.07 Å². The summed E-state index contributed by atoms with van der Waals surface area (Å²) in [7, 11) is 0. The SMILES string of the molecule is O=C(NCCNC(=O)c1c(F)cccc1F)c1nc(-c2ccccc2)no1. The fraction of sp³-hybridized carbons (Fsp3) is 0.111. The molecule has 0 aliphatic heterocycles. The Labute approximate surface area is 152 Å². The third-order valence-electron chi connectivity index (χ3n) is 3.54. The molecular formula is C18H14F2N4O3. The first-order chi connectivity index (χ1) is 13.1. The molecule has 1 aromatic heterocycles. The molecule has 138 valence electrons. The average Bonchev–Trinajstić information content (AvgIpc) is 3.16. The second-order valence-corrected chi connectivity index (χ2v) is 5.40. The molecule has 3 aromatic rings. The largest absolute Gasteiger partial charge is 0.350 e. The molecule has 2 amide bonds. The summed E-state index contributed by atoms with van der Waals surface area (Å²) in [4.78, 5) is 27.8. The van der Waals surface area contributed by atoms with Crippen LogP contribution in [0, 0.1) is 11.6 Å². The van der Waals surface area contributed by atoms with Crippen molar-refractivity contribution in [1.29, 1.82) is 0 Å². The maximum Gasteiger partial charge on any atom is 0.316 e. The van der Waals surface area contributed by atoms with Crippen LogP contribution in [0.4, 0.5) is 8.78 Å². The van der Waals surface area contributed by atoms with E-state index in [1.54, 1.807) is 24.3 Å². The van der Waals surface area contributed by atoms with Crippen molar-refractivity contribution in [1.82, 2.24) is 20.8 Å². The van der Waals surface area contributed by atoms with E-state index in [2.05, 4.69) is 20.8 Å². The number of hydrogen-bond acceptors (Lipinski definition) is 5. The lowest BCUT2D eigenvalue weighted by Crippen LogP contribution is -2.35. The topological polar surface area (TPSA) is 97.1 Å². The van der Waals surface area contributed by atoms with Gasteiger partial charge in [0, 0.05) is 18.7 Å². The van der Waals surface area contributed by atoms with Gasteiger partial charge >= 0.3 is 11.8 Å². The van der Waals surface area contributed by atoms with Crippen molar-refractivity contribution >= 4 is 11.8 Å². The van der Waals surface area contributed by atoms with Gasteiger partial charge in [-0.15, -0.1) is 0 Å². The average molecular weight is 372 g/mol. The zero-order valence-electron chi connectivity index (χ0n) is 13.9. The lowest BCUT2D eigenvalue weighted by Gasteiger charge is -2.07. The van der Waals surface area contributed by atoms with Crippen LogP contribution in [0.2, 0.25) is 0 Å². The summed E-state index contributed by atoms with van der Waals surface area (Å²) in [5, 5.41) is 8.50. The Morgan fingerprint density at radius 1 is 0.889 bits per heavy atom. The van der Waals surface area contributed by atoms with Crippen molar-refractivity contribution in [3.8, 4) is 11.4 Å². The smallest absolute Gasteiger partial charge is 0.316 e. The molecule has 2 N–H and O–H groups in total. The van der Waals surface area contributed by atoms with E-state index < -0.39 is 29.0 Å². The second-order valence-electron chi connectivity index (χ2n) is 5.40. The van der Waals surface area contributed by atoms with Crippen LogP contribution in [0.3, 0.4) is 0 Å². The molecule has 0 unspecified atom stereocenters. The third-order valence-corrected chi connectivity index (χ3v) is 3.54. The number of carbonyl (C=O) groups is 2. The van der Waals surface area contributed by atoms with Crippen molar-refractivity contribution in [2.45, 2.75) is 0 Å². The Balaban J connectivity index is 1.50. The molecule has 7 nitrogen and oxygen atoms in total. The van der Waals surface area contributed by atoms with Gasteiger partial charge in [-0.1, -0.05) is 41.6 Å². The van der Waals surface area contributed by atoms with Crippen LogP contribution in [0.1, 0.15) is 21.0 Å². The van der Waals surface area contributed by atoms with E-state index in [-0.39, 0.29) is 24.8 Å². The van der Waals surface area contributed by atoms with Gasteiger partial charge in [-0.2, -0.15) is 4.98 Å². The van der Waals surface area contributed by atoms with E-state index in [0.29, 0.717) is 5.56 Å². The molecule has 9 heteroatoms. The molecule has 0 fully saturated rings. The molecular weight excluding hydrogens is 358 g/mol. The quantitative estimate of drug-likeness (QED) is 0.647. The Morgan fingerprint density at radius 2 is 1.52 bits per heavy atom. The number of nitrogens with zero attached hydrogens (tertiary/aromatic N) is 2. The van der Waals surface area contributed by atoms with Gasteiger partial charge in [-0.25, -0.2) is 8.78 Å². The van der Waals surface area contributed by atoms with Crippen LogP contribution in [0.15, 0.2) is 53.1 Å². The van der Waals surface area contributed by atoms with Crippen molar-refractivity contribution < 1.29 is 22.9 Å². The van der Waals surface area contributed by atoms with Crippen LogP contribution in [-0.4, -0.2) is 35.0 Å². The zero-order chi connectivity index (χ0) is 19.2. The maximum absolute atomic E-state index is 13.5. The second kappa shape index (κ2) is 8.17. The number of nitrogens with one attached hydrogen (secondary N) is 2. The van der Waals surface area contributed by atoms with Gasteiger partial charge in [-0.3, -0.25) is 9.59 Å². The van der Waals surface area contributed by atoms with Gasteiger partial charge in [0.1, 0.15) is 17.2 Å². The van der Waals surface area contributed by atoms with Gasteiger partial charge in [0.25, 0.3) is 5.91 Å². The first-order valence-electron chi connectivity index (χ1n) is 7.96. The molecule has 0 spiro atoms. The number of halogens is 2. The summed E-state index contributed by atoms with van der Waals surface area (Å²) in [6, 6.07) is 12.1. The summed E-state index contributed by atoms with van der Waals surface area (Å²) < 4.78 is 31.9. The summed E-state index contributed by atoms with van der Waals surface area (Å²) in [6.07, 6.45) is 0. The van der Waals surface area contributed by atoms with E-state index in [9.17, 15) is 18.4 Å². The van der Waals surface area contributed by atoms with E-state index in [0.717, 1.165) is 18.2 Å². The molecule has 2 aromatic carbocycles. The van der Waals surface area contributed by atoms with Crippen LogP contribution in [0.5, 0.6) is 0 Å². The molecule has 0 saturated heterocycles. The Morgan fingerprint density at radius 3 is 2.19 bits per heavy atom. The predicted octanol–water partition coefficient (Wildman–Crippen LogP) is 2.17. The summed E-state index contributed by atoms with van der Waals surface area (Å²) in [6.45, 7) is -0.0400. The van der Waals surface area contributed by atoms with Crippen molar-refractivity contribution in [3.05, 3.63) is 71.6 Å². The molecule has 3 rings (SSSR count). The lowest BCUT2D eigenvalue weighted by atomic mass is 10.2. The number of benzene rings is 2. The monoisotopic (exact) mass is 372 g/mol. The molecule has 1 heterocycles. The summed E-state index contributed by atoms with van der Waals surface area (Å²) >= 11 is 0. The number of rotatable bonds is 6.